The maximum absolute atomic E-state index is 12.2. The second-order valence-electron chi connectivity index (χ2n) is 7.28. The Morgan fingerprint density at radius 1 is 0.943 bits per heavy atom. The highest BCUT2D eigenvalue weighted by molar-refractivity contribution is 5.94. The Kier molecular flexibility index (Phi) is 8.78. The van der Waals surface area contributed by atoms with Crippen LogP contribution >= 0.6 is 0 Å². The molecule has 2 amide bonds. The number of benzene rings is 3. The van der Waals surface area contributed by atoms with Gasteiger partial charge in [0.25, 0.3) is 11.6 Å². The van der Waals surface area contributed by atoms with Crippen molar-refractivity contribution in [2.24, 2.45) is 5.10 Å². The molecule has 0 spiro atoms. The smallest absolute Gasteiger partial charge is 0.343 e. The number of nitro groups is 1. The molecule has 35 heavy (non-hydrogen) atoms. The predicted molar refractivity (Wildman–Crippen MR) is 128 cm³/mol. The monoisotopic (exact) mass is 474 g/mol. The van der Waals surface area contributed by atoms with Gasteiger partial charge in [-0.15, -0.1) is 0 Å². The zero-order chi connectivity index (χ0) is 25.0. The number of esters is 1. The summed E-state index contributed by atoms with van der Waals surface area (Å²) in [6, 6.07) is 20.5. The Hall–Kier alpha value is -4.86. The van der Waals surface area contributed by atoms with Crippen molar-refractivity contribution in [1.82, 2.24) is 10.7 Å². The fourth-order valence-corrected chi connectivity index (χ4v) is 2.92. The Bertz CT molecular complexity index is 1230. The Balaban J connectivity index is 1.38. The molecule has 0 saturated carbocycles. The van der Waals surface area contributed by atoms with E-state index < -0.39 is 10.9 Å². The second kappa shape index (κ2) is 12.4. The third-order valence-corrected chi connectivity index (χ3v) is 4.69. The van der Waals surface area contributed by atoms with Gasteiger partial charge in [-0.05, 0) is 48.4 Å². The van der Waals surface area contributed by atoms with Gasteiger partial charge in [0.1, 0.15) is 5.75 Å². The molecule has 0 radical (unpaired) electrons. The van der Waals surface area contributed by atoms with Crippen molar-refractivity contribution in [3.63, 3.8) is 0 Å². The molecule has 10 heteroatoms. The number of hydrogen-bond donors (Lipinski definition) is 2. The van der Waals surface area contributed by atoms with E-state index in [1.165, 1.54) is 30.5 Å². The number of hydrazone groups is 1. The summed E-state index contributed by atoms with van der Waals surface area (Å²) in [7, 11) is 0. The minimum absolute atomic E-state index is 0.0984. The number of hydrogen-bond acceptors (Lipinski definition) is 7. The van der Waals surface area contributed by atoms with Gasteiger partial charge in [0, 0.05) is 30.7 Å². The quantitative estimate of drug-likeness (QED) is 0.115. The molecule has 2 N–H and O–H groups in total. The first-order valence-electron chi connectivity index (χ1n) is 10.6. The topological polar surface area (TPSA) is 140 Å². The first-order valence-corrected chi connectivity index (χ1v) is 10.6. The van der Waals surface area contributed by atoms with Crippen molar-refractivity contribution in [3.8, 4) is 5.75 Å². The summed E-state index contributed by atoms with van der Waals surface area (Å²) >= 11 is 0. The molecule has 0 unspecified atom stereocenters. The van der Waals surface area contributed by atoms with Gasteiger partial charge >= 0.3 is 5.97 Å². The van der Waals surface area contributed by atoms with Crippen LogP contribution in [0.2, 0.25) is 0 Å². The SMILES string of the molecule is O=C(CCCNC(=O)c1ccc([N+](=O)[O-])cc1)NN=Cc1cccc(OC(=O)c2ccccc2)c1. The Morgan fingerprint density at radius 2 is 1.69 bits per heavy atom. The summed E-state index contributed by atoms with van der Waals surface area (Å²) in [4.78, 5) is 46.2. The van der Waals surface area contributed by atoms with Crippen LogP contribution in [-0.2, 0) is 4.79 Å². The summed E-state index contributed by atoms with van der Waals surface area (Å²) in [5, 5.41) is 17.2. The summed E-state index contributed by atoms with van der Waals surface area (Å²) in [6.07, 6.45) is 1.94. The van der Waals surface area contributed by atoms with E-state index in [9.17, 15) is 24.5 Å². The highest BCUT2D eigenvalue weighted by Gasteiger charge is 2.10. The van der Waals surface area contributed by atoms with Gasteiger partial charge < -0.3 is 10.1 Å². The maximum Gasteiger partial charge on any atom is 0.343 e. The van der Waals surface area contributed by atoms with Gasteiger partial charge in [-0.2, -0.15) is 5.10 Å². The zero-order valence-corrected chi connectivity index (χ0v) is 18.5. The highest BCUT2D eigenvalue weighted by Crippen LogP contribution is 2.14. The van der Waals surface area contributed by atoms with E-state index in [2.05, 4.69) is 15.8 Å². The summed E-state index contributed by atoms with van der Waals surface area (Å²) in [5.41, 5.74) is 3.65. The fourth-order valence-electron chi connectivity index (χ4n) is 2.92. The number of carbonyl (C=O) groups excluding carboxylic acids is 3. The van der Waals surface area contributed by atoms with Gasteiger partial charge in [0.2, 0.25) is 5.91 Å². The first kappa shape index (κ1) is 24.8. The lowest BCUT2D eigenvalue weighted by Crippen LogP contribution is -2.26. The van der Waals surface area contributed by atoms with E-state index in [-0.39, 0.29) is 30.5 Å². The summed E-state index contributed by atoms with van der Waals surface area (Å²) in [6.45, 7) is 0.252. The van der Waals surface area contributed by atoms with Crippen LogP contribution in [-0.4, -0.2) is 35.5 Å². The number of nitro benzene ring substituents is 1. The van der Waals surface area contributed by atoms with Crippen LogP contribution in [0.3, 0.4) is 0 Å². The van der Waals surface area contributed by atoms with Crippen LogP contribution in [0.15, 0.2) is 84.0 Å². The van der Waals surface area contributed by atoms with Gasteiger partial charge in [-0.1, -0.05) is 30.3 Å². The number of amides is 2. The second-order valence-corrected chi connectivity index (χ2v) is 7.28. The Labute approximate surface area is 200 Å². The number of ether oxygens (including phenoxy) is 1. The van der Waals surface area contributed by atoms with Crippen LogP contribution in [0.25, 0.3) is 0 Å². The van der Waals surface area contributed by atoms with E-state index in [0.717, 1.165) is 0 Å². The number of carbonyl (C=O) groups is 3. The molecule has 0 atom stereocenters. The van der Waals surface area contributed by atoms with E-state index >= 15 is 0 Å². The third kappa shape index (κ3) is 7.90. The lowest BCUT2D eigenvalue weighted by molar-refractivity contribution is -0.384. The van der Waals surface area contributed by atoms with Crippen molar-refractivity contribution in [2.45, 2.75) is 12.8 Å². The van der Waals surface area contributed by atoms with Gasteiger partial charge in [-0.3, -0.25) is 19.7 Å². The molecule has 3 aromatic rings. The van der Waals surface area contributed by atoms with E-state index in [1.807, 2.05) is 0 Å². The molecule has 0 aliphatic heterocycles. The molecule has 3 aromatic carbocycles. The van der Waals surface area contributed by atoms with Crippen LogP contribution in [0, 0.1) is 10.1 Å². The molecular formula is C25H22N4O6. The minimum atomic E-state index is -0.541. The number of nitrogens with one attached hydrogen (secondary N) is 2. The van der Waals surface area contributed by atoms with E-state index in [4.69, 9.17) is 4.74 Å². The maximum atomic E-state index is 12.2. The predicted octanol–water partition coefficient (Wildman–Crippen LogP) is 3.47. The van der Waals surface area contributed by atoms with Crippen LogP contribution in [0.5, 0.6) is 5.75 Å². The van der Waals surface area contributed by atoms with Crippen molar-refractivity contribution < 1.29 is 24.0 Å². The molecule has 0 saturated heterocycles. The molecule has 0 aliphatic carbocycles. The van der Waals surface area contributed by atoms with E-state index in [0.29, 0.717) is 28.9 Å². The van der Waals surface area contributed by atoms with Crippen LogP contribution in [0.4, 0.5) is 5.69 Å². The van der Waals surface area contributed by atoms with Crippen LogP contribution in [0.1, 0.15) is 39.1 Å². The average Bonchev–Trinajstić information content (AvgIpc) is 2.87. The van der Waals surface area contributed by atoms with E-state index in [1.54, 1.807) is 54.6 Å². The van der Waals surface area contributed by atoms with Crippen molar-refractivity contribution in [1.29, 1.82) is 0 Å². The molecule has 178 valence electrons. The Morgan fingerprint density at radius 3 is 2.40 bits per heavy atom. The fraction of sp³-hybridized carbons (Fsp3) is 0.120. The molecule has 0 aliphatic rings. The normalized spacial score (nSPS) is 10.5. The van der Waals surface area contributed by atoms with Crippen LogP contribution < -0.4 is 15.5 Å². The summed E-state index contributed by atoms with van der Waals surface area (Å²) in [5.74, 6) is -0.852. The molecule has 0 bridgehead atoms. The number of rotatable bonds is 10. The molecular weight excluding hydrogens is 452 g/mol. The number of nitrogens with zero attached hydrogens (tertiary/aromatic N) is 2. The first-order chi connectivity index (χ1) is 16.9. The van der Waals surface area contributed by atoms with Gasteiger partial charge in [0.15, 0.2) is 0 Å². The minimum Gasteiger partial charge on any atom is -0.423 e. The molecule has 3 rings (SSSR count). The average molecular weight is 474 g/mol. The van der Waals surface area contributed by atoms with Gasteiger partial charge in [-0.25, -0.2) is 10.2 Å². The molecule has 10 nitrogen and oxygen atoms in total. The molecule has 0 heterocycles. The molecule has 0 fully saturated rings. The molecule has 0 aromatic heterocycles. The van der Waals surface area contributed by atoms with Gasteiger partial charge in [0.05, 0.1) is 16.7 Å². The lowest BCUT2D eigenvalue weighted by atomic mass is 10.2. The standard InChI is InChI=1S/C25H22N4O6/c30-23(10-5-15-26-24(31)19-11-13-21(14-12-19)29(33)34)28-27-17-18-6-4-9-22(16-18)35-25(32)20-7-2-1-3-8-20/h1-4,6-9,11-14,16-17H,5,10,15H2,(H,26,31)(H,28,30). The summed E-state index contributed by atoms with van der Waals surface area (Å²) < 4.78 is 5.35. The van der Waals surface area contributed by atoms with Crippen molar-refractivity contribution >= 4 is 29.7 Å². The number of non-ortho nitro benzene ring substituents is 1. The highest BCUT2D eigenvalue weighted by atomic mass is 16.6. The zero-order valence-electron chi connectivity index (χ0n) is 18.5. The lowest BCUT2D eigenvalue weighted by Gasteiger charge is -2.05. The van der Waals surface area contributed by atoms with Crippen molar-refractivity contribution in [3.05, 3.63) is 106 Å². The largest absolute Gasteiger partial charge is 0.423 e. The van der Waals surface area contributed by atoms with Crippen molar-refractivity contribution in [2.75, 3.05) is 6.54 Å². The third-order valence-electron chi connectivity index (χ3n) is 4.69.